The molecule has 0 N–H and O–H groups in total. The molecule has 31 heavy (non-hydrogen) atoms. The number of unbranched alkanes of at least 4 members (excludes halogenated alkanes) is 1. The summed E-state index contributed by atoms with van der Waals surface area (Å²) in [4.78, 5) is 13.9. The first-order chi connectivity index (χ1) is 15.0. The number of imidazole rings is 1. The highest BCUT2D eigenvalue weighted by Crippen LogP contribution is 2.41. The molecule has 0 fully saturated rings. The van der Waals surface area contributed by atoms with Crippen LogP contribution in [0.2, 0.25) is 0 Å². The highest BCUT2D eigenvalue weighted by Gasteiger charge is 2.39. The molecule has 0 bridgehead atoms. The lowest BCUT2D eigenvalue weighted by Crippen LogP contribution is -2.19. The molecule has 0 radical (unpaired) electrons. The van der Waals surface area contributed by atoms with Gasteiger partial charge in [-0.05, 0) is 64.8 Å². The second-order valence-electron chi connectivity index (χ2n) is 7.64. The van der Waals surface area contributed by atoms with E-state index in [9.17, 15) is 10.5 Å². The van der Waals surface area contributed by atoms with Crippen molar-refractivity contribution in [2.24, 2.45) is 4.99 Å². The number of allylic oxidation sites excluding steroid dienone is 1. The average Bonchev–Trinajstić information content (AvgIpc) is 3.31. The zero-order chi connectivity index (χ0) is 22.0. The Morgan fingerprint density at radius 3 is 2.58 bits per heavy atom. The Bertz CT molecular complexity index is 1290. The molecule has 1 unspecified atom stereocenters. The van der Waals surface area contributed by atoms with Crippen LogP contribution in [-0.4, -0.2) is 20.2 Å². The maximum absolute atomic E-state index is 9.86. The Balaban J connectivity index is 1.69. The van der Waals surface area contributed by atoms with Crippen molar-refractivity contribution < 1.29 is 0 Å². The number of pyridine rings is 1. The fraction of sp³-hybridized carbons (Fsp3) is 0.292. The van der Waals surface area contributed by atoms with Gasteiger partial charge in [0.2, 0.25) is 5.54 Å². The zero-order valence-corrected chi connectivity index (χ0v) is 19.6. The molecule has 1 aliphatic rings. The highest BCUT2D eigenvalue weighted by atomic mass is 127. The quantitative estimate of drug-likeness (QED) is 0.421. The molecular weight excluding hydrogens is 499 g/mol. The van der Waals surface area contributed by atoms with E-state index in [1.54, 1.807) is 6.08 Å². The molecule has 0 aliphatic carbocycles. The van der Waals surface area contributed by atoms with Crippen molar-refractivity contribution in [1.29, 1.82) is 10.5 Å². The molecule has 0 amide bonds. The third kappa shape index (κ3) is 3.75. The van der Waals surface area contributed by atoms with Crippen molar-refractivity contribution in [3.63, 3.8) is 0 Å². The van der Waals surface area contributed by atoms with E-state index in [0.29, 0.717) is 6.54 Å². The number of aryl methyl sites for hydroxylation is 2. The van der Waals surface area contributed by atoms with Gasteiger partial charge in [-0.3, -0.25) is 0 Å². The van der Waals surface area contributed by atoms with Gasteiger partial charge in [-0.1, -0.05) is 37.6 Å². The van der Waals surface area contributed by atoms with Gasteiger partial charge < -0.3 is 4.57 Å². The molecule has 4 rings (SSSR count). The smallest absolute Gasteiger partial charge is 0.203 e. The van der Waals surface area contributed by atoms with E-state index in [2.05, 4.69) is 57.1 Å². The summed E-state index contributed by atoms with van der Waals surface area (Å²) in [5, 5.41) is 19.0. The van der Waals surface area contributed by atoms with Gasteiger partial charge >= 0.3 is 0 Å². The molecule has 6 nitrogen and oxygen atoms in total. The van der Waals surface area contributed by atoms with Crippen LogP contribution in [0.25, 0.3) is 11.2 Å². The van der Waals surface area contributed by atoms with Crippen LogP contribution in [-0.2, 0) is 18.5 Å². The number of fused-ring (bicyclic) bond motifs is 1. The lowest BCUT2D eigenvalue weighted by molar-refractivity contribution is 0.685. The van der Waals surface area contributed by atoms with Crippen LogP contribution in [0.3, 0.4) is 0 Å². The predicted molar refractivity (Wildman–Crippen MR) is 129 cm³/mol. The first kappa shape index (κ1) is 21.2. The summed E-state index contributed by atoms with van der Waals surface area (Å²) < 4.78 is 2.93. The molecule has 0 saturated carbocycles. The van der Waals surface area contributed by atoms with Gasteiger partial charge in [0.15, 0.2) is 5.65 Å². The zero-order valence-electron chi connectivity index (χ0n) is 17.4. The normalized spacial score (nSPS) is 17.8. The van der Waals surface area contributed by atoms with E-state index in [0.717, 1.165) is 56.5 Å². The number of benzene rings is 1. The maximum atomic E-state index is 9.86. The number of nitriles is 2. The summed E-state index contributed by atoms with van der Waals surface area (Å²) in [5.41, 5.74) is 4.00. The van der Waals surface area contributed by atoms with Crippen LogP contribution in [0.4, 0.5) is 0 Å². The first-order valence-corrected chi connectivity index (χ1v) is 11.3. The summed E-state index contributed by atoms with van der Waals surface area (Å²) >= 11 is 2.10. The number of aliphatic imine (C=N–C) groups is 1. The van der Waals surface area contributed by atoms with E-state index < -0.39 is 5.54 Å². The van der Waals surface area contributed by atoms with Crippen LogP contribution in [0.5, 0.6) is 0 Å². The van der Waals surface area contributed by atoms with Gasteiger partial charge in [0.25, 0.3) is 0 Å². The lowest BCUT2D eigenvalue weighted by atomic mass is 9.92. The second kappa shape index (κ2) is 8.60. The van der Waals surface area contributed by atoms with Crippen LogP contribution < -0.4 is 0 Å². The van der Waals surface area contributed by atoms with Gasteiger partial charge in [-0.2, -0.15) is 10.5 Å². The van der Waals surface area contributed by atoms with Crippen molar-refractivity contribution >= 4 is 39.5 Å². The van der Waals surface area contributed by atoms with Crippen molar-refractivity contribution in [3.8, 4) is 12.1 Å². The Morgan fingerprint density at radius 1 is 1.16 bits per heavy atom. The summed E-state index contributed by atoms with van der Waals surface area (Å²) in [6, 6.07) is 14.2. The number of halogens is 1. The molecule has 7 heteroatoms. The molecule has 154 valence electrons. The first-order valence-electron chi connectivity index (χ1n) is 10.2. The summed E-state index contributed by atoms with van der Waals surface area (Å²) in [5.74, 6) is 1.05. The molecule has 0 spiro atoms. The largest absolute Gasteiger partial charge is 0.308 e. The fourth-order valence-electron chi connectivity index (χ4n) is 3.80. The third-order valence-electron chi connectivity index (χ3n) is 5.55. The van der Waals surface area contributed by atoms with E-state index >= 15 is 0 Å². The van der Waals surface area contributed by atoms with Crippen molar-refractivity contribution in [2.45, 2.75) is 45.2 Å². The molecule has 2 aromatic heterocycles. The lowest BCUT2D eigenvalue weighted by Gasteiger charge is -2.19. The Kier molecular flexibility index (Phi) is 5.88. The van der Waals surface area contributed by atoms with Crippen LogP contribution in [0, 0.1) is 29.6 Å². The number of hydrogen-bond donors (Lipinski definition) is 0. The number of hydrogen-bond acceptors (Lipinski definition) is 5. The maximum Gasteiger partial charge on any atom is 0.203 e. The van der Waals surface area contributed by atoms with E-state index in [4.69, 9.17) is 4.98 Å². The fourth-order valence-corrected chi connectivity index (χ4v) is 4.65. The molecule has 3 heterocycles. The monoisotopic (exact) mass is 520 g/mol. The standard InChI is InChI=1S/C24H21IN6/c1-3-4-5-21-29-22-16(2)10-11-28-23(22)31(21)14-17-6-8-18(9-7-17)24(15-27)20(25)12-19(13-26)30-24/h6-12H,3-5,14H2,1-2H3. The van der Waals surface area contributed by atoms with Crippen LogP contribution in [0.15, 0.2) is 51.2 Å². The number of rotatable bonds is 6. The van der Waals surface area contributed by atoms with Crippen molar-refractivity contribution in [3.05, 3.63) is 68.7 Å². The van der Waals surface area contributed by atoms with Crippen molar-refractivity contribution in [2.75, 3.05) is 0 Å². The number of aromatic nitrogens is 3. The predicted octanol–water partition coefficient (Wildman–Crippen LogP) is 5.15. The third-order valence-corrected chi connectivity index (χ3v) is 6.65. The Morgan fingerprint density at radius 2 is 1.94 bits per heavy atom. The van der Waals surface area contributed by atoms with Crippen LogP contribution in [0.1, 0.15) is 42.3 Å². The van der Waals surface area contributed by atoms with Gasteiger partial charge in [0, 0.05) is 16.2 Å². The minimum Gasteiger partial charge on any atom is -0.308 e. The van der Waals surface area contributed by atoms with Gasteiger partial charge in [-0.25, -0.2) is 15.0 Å². The van der Waals surface area contributed by atoms with Gasteiger partial charge in [0.05, 0.1) is 6.54 Å². The van der Waals surface area contributed by atoms with Crippen molar-refractivity contribution in [1.82, 2.24) is 14.5 Å². The van der Waals surface area contributed by atoms with Gasteiger partial charge in [0.1, 0.15) is 29.2 Å². The second-order valence-corrected chi connectivity index (χ2v) is 8.80. The molecule has 3 aromatic rings. The molecule has 1 aliphatic heterocycles. The molecule has 1 atom stereocenters. The average molecular weight is 520 g/mol. The molecule has 0 saturated heterocycles. The van der Waals surface area contributed by atoms with E-state index in [-0.39, 0.29) is 5.71 Å². The highest BCUT2D eigenvalue weighted by molar-refractivity contribution is 14.1. The van der Waals surface area contributed by atoms with E-state index in [1.165, 1.54) is 0 Å². The molecule has 1 aromatic carbocycles. The summed E-state index contributed by atoms with van der Waals surface area (Å²) in [6.45, 7) is 4.90. The van der Waals surface area contributed by atoms with Crippen LogP contribution >= 0.6 is 22.6 Å². The summed E-state index contributed by atoms with van der Waals surface area (Å²) in [6.07, 6.45) is 6.60. The molecular formula is C24H21IN6. The minimum absolute atomic E-state index is 0.280. The summed E-state index contributed by atoms with van der Waals surface area (Å²) in [7, 11) is 0. The van der Waals surface area contributed by atoms with E-state index in [1.807, 2.05) is 42.6 Å². The van der Waals surface area contributed by atoms with Gasteiger partial charge in [-0.15, -0.1) is 0 Å². The Hall–Kier alpha value is -3.04. The Labute approximate surface area is 195 Å². The topological polar surface area (TPSA) is 90.7 Å². The SMILES string of the molecule is CCCCc1nc2c(C)ccnc2n1Cc1ccc(C2(C#N)N=C(C#N)C=C2I)cc1. The number of nitrogens with zero attached hydrogens (tertiary/aromatic N) is 6. The minimum atomic E-state index is -1.13.